The van der Waals surface area contributed by atoms with Gasteiger partial charge in [0.25, 0.3) is 0 Å². The van der Waals surface area contributed by atoms with Gasteiger partial charge in [-0.1, -0.05) is 12.1 Å². The molecule has 4 atom stereocenters. The summed E-state index contributed by atoms with van der Waals surface area (Å²) in [5, 5.41) is 8.88. The highest BCUT2D eigenvalue weighted by Gasteiger charge is 2.46. The molecular formula is C16H20FNO3. The fourth-order valence-electron chi connectivity index (χ4n) is 3.85. The molecule has 0 aliphatic carbocycles. The molecular weight excluding hydrogens is 273 g/mol. The molecule has 1 N–H and O–H groups in total. The fraction of sp³-hybridized carbons (Fsp3) is 0.562. The standard InChI is InChI=1S/C16H20FNO3/c1-18-12-6-7-14(18)16(21-9-15(19)20)13(8-12)10-2-4-11(17)5-3-10/h2-5,12-14,16H,6-9H2,1H3,(H,19,20)/t12?,13-,14?,16-/m0/s1. The molecule has 2 aliphatic rings. The Balaban J connectivity index is 1.85. The number of aliphatic carboxylic acids is 1. The summed E-state index contributed by atoms with van der Waals surface area (Å²) in [6.45, 7) is -0.280. The van der Waals surface area contributed by atoms with Crippen molar-refractivity contribution < 1.29 is 19.0 Å². The molecule has 2 bridgehead atoms. The van der Waals surface area contributed by atoms with Crippen molar-refractivity contribution in [3.63, 3.8) is 0 Å². The Morgan fingerprint density at radius 1 is 1.38 bits per heavy atom. The summed E-state index contributed by atoms with van der Waals surface area (Å²) in [4.78, 5) is 13.1. The Labute approximate surface area is 123 Å². The molecule has 5 heteroatoms. The molecule has 1 aromatic carbocycles. The number of carboxylic acid groups (broad SMARTS) is 1. The first-order valence-electron chi connectivity index (χ1n) is 7.37. The van der Waals surface area contributed by atoms with Gasteiger partial charge in [0.15, 0.2) is 0 Å². The minimum Gasteiger partial charge on any atom is -0.480 e. The Hall–Kier alpha value is -1.46. The van der Waals surface area contributed by atoms with Gasteiger partial charge >= 0.3 is 5.97 Å². The van der Waals surface area contributed by atoms with Crippen molar-refractivity contribution in [2.75, 3.05) is 13.7 Å². The Kier molecular flexibility index (Phi) is 3.95. The summed E-state index contributed by atoms with van der Waals surface area (Å²) in [5.74, 6) is -1.06. The van der Waals surface area contributed by atoms with E-state index in [9.17, 15) is 9.18 Å². The number of likely N-dealkylation sites (N-methyl/N-ethyl adjacent to an activating group) is 1. The third-order valence-electron chi connectivity index (χ3n) is 4.89. The molecule has 114 valence electrons. The molecule has 4 nitrogen and oxygen atoms in total. The van der Waals surface area contributed by atoms with Crippen LogP contribution in [0, 0.1) is 5.82 Å². The van der Waals surface area contributed by atoms with Crippen LogP contribution in [-0.4, -0.2) is 47.8 Å². The summed E-state index contributed by atoms with van der Waals surface area (Å²) >= 11 is 0. The number of halogens is 1. The Morgan fingerprint density at radius 3 is 2.76 bits per heavy atom. The van der Waals surface area contributed by atoms with Gasteiger partial charge in [-0.25, -0.2) is 9.18 Å². The van der Waals surface area contributed by atoms with E-state index in [0.29, 0.717) is 6.04 Å². The van der Waals surface area contributed by atoms with Crippen LogP contribution in [0.4, 0.5) is 4.39 Å². The van der Waals surface area contributed by atoms with E-state index < -0.39 is 5.97 Å². The van der Waals surface area contributed by atoms with E-state index in [1.165, 1.54) is 12.1 Å². The zero-order valence-corrected chi connectivity index (χ0v) is 12.0. The maximum Gasteiger partial charge on any atom is 0.329 e. The van der Waals surface area contributed by atoms with Crippen molar-refractivity contribution in [2.24, 2.45) is 0 Å². The second-order valence-corrected chi connectivity index (χ2v) is 6.03. The van der Waals surface area contributed by atoms with Gasteiger partial charge in [-0.3, -0.25) is 4.90 Å². The lowest BCUT2D eigenvalue weighted by molar-refractivity contribution is -0.147. The molecule has 0 aromatic heterocycles. The highest BCUT2D eigenvalue weighted by Crippen LogP contribution is 2.43. The van der Waals surface area contributed by atoms with E-state index in [-0.39, 0.29) is 30.5 Å². The number of rotatable bonds is 4. The Morgan fingerprint density at radius 2 is 2.10 bits per heavy atom. The van der Waals surface area contributed by atoms with Gasteiger partial charge in [-0.2, -0.15) is 0 Å². The maximum absolute atomic E-state index is 13.1. The van der Waals surface area contributed by atoms with Crippen LogP contribution in [0.15, 0.2) is 24.3 Å². The number of carboxylic acids is 1. The largest absolute Gasteiger partial charge is 0.480 e. The van der Waals surface area contributed by atoms with Crippen molar-refractivity contribution in [1.82, 2.24) is 4.90 Å². The predicted octanol–water partition coefficient (Wildman–Crippen LogP) is 2.25. The summed E-state index contributed by atoms with van der Waals surface area (Å²) in [6.07, 6.45) is 2.94. The van der Waals surface area contributed by atoms with Crippen LogP contribution >= 0.6 is 0 Å². The van der Waals surface area contributed by atoms with Crippen LogP contribution in [0.3, 0.4) is 0 Å². The molecule has 1 aromatic rings. The van der Waals surface area contributed by atoms with Gasteiger partial charge in [-0.15, -0.1) is 0 Å². The number of carbonyl (C=O) groups is 1. The smallest absolute Gasteiger partial charge is 0.329 e. The first-order chi connectivity index (χ1) is 10.1. The molecule has 0 amide bonds. The average molecular weight is 293 g/mol. The maximum atomic E-state index is 13.1. The van der Waals surface area contributed by atoms with Gasteiger partial charge in [0, 0.05) is 18.0 Å². The zero-order chi connectivity index (χ0) is 15.0. The van der Waals surface area contributed by atoms with Crippen molar-refractivity contribution in [1.29, 1.82) is 0 Å². The van der Waals surface area contributed by atoms with E-state index >= 15 is 0 Å². The third-order valence-corrected chi connectivity index (χ3v) is 4.89. The predicted molar refractivity (Wildman–Crippen MR) is 75.7 cm³/mol. The number of hydrogen-bond acceptors (Lipinski definition) is 3. The lowest BCUT2D eigenvalue weighted by Gasteiger charge is -2.42. The number of ether oxygens (including phenoxy) is 1. The lowest BCUT2D eigenvalue weighted by atomic mass is 9.82. The minimum absolute atomic E-state index is 0.138. The normalized spacial score (nSPS) is 32.3. The number of hydrogen-bond donors (Lipinski definition) is 1. The quantitative estimate of drug-likeness (QED) is 0.925. The topological polar surface area (TPSA) is 49.8 Å². The van der Waals surface area contributed by atoms with Crippen LogP contribution in [0.2, 0.25) is 0 Å². The molecule has 0 radical (unpaired) electrons. The van der Waals surface area contributed by atoms with Crippen LogP contribution in [0.25, 0.3) is 0 Å². The summed E-state index contributed by atoms with van der Waals surface area (Å²) in [5.41, 5.74) is 1.04. The monoisotopic (exact) mass is 293 g/mol. The van der Waals surface area contributed by atoms with Crippen LogP contribution in [0.1, 0.15) is 30.7 Å². The molecule has 0 saturated carbocycles. The van der Waals surface area contributed by atoms with E-state index in [2.05, 4.69) is 11.9 Å². The summed E-state index contributed by atoms with van der Waals surface area (Å²) in [6, 6.07) is 7.27. The third kappa shape index (κ3) is 2.80. The van der Waals surface area contributed by atoms with E-state index in [1.54, 1.807) is 12.1 Å². The highest BCUT2D eigenvalue weighted by atomic mass is 19.1. The number of piperidine rings is 1. The zero-order valence-electron chi connectivity index (χ0n) is 12.0. The molecule has 2 fully saturated rings. The van der Waals surface area contributed by atoms with Crippen LogP contribution in [-0.2, 0) is 9.53 Å². The average Bonchev–Trinajstić information content (AvgIpc) is 2.70. The second kappa shape index (κ2) is 5.73. The molecule has 2 heterocycles. The van der Waals surface area contributed by atoms with Gasteiger partial charge in [-0.05, 0) is 44.0 Å². The Bertz CT molecular complexity index is 519. The van der Waals surface area contributed by atoms with E-state index in [4.69, 9.17) is 9.84 Å². The molecule has 0 spiro atoms. The minimum atomic E-state index is -0.948. The first kappa shape index (κ1) is 14.5. The van der Waals surface area contributed by atoms with Crippen LogP contribution in [0.5, 0.6) is 0 Å². The van der Waals surface area contributed by atoms with Crippen molar-refractivity contribution in [2.45, 2.75) is 43.4 Å². The summed E-state index contributed by atoms with van der Waals surface area (Å²) in [7, 11) is 2.08. The molecule has 2 aliphatic heterocycles. The lowest BCUT2D eigenvalue weighted by Crippen LogP contribution is -2.50. The number of nitrogens with zero attached hydrogens (tertiary/aromatic N) is 1. The first-order valence-corrected chi connectivity index (χ1v) is 7.37. The molecule has 2 saturated heterocycles. The fourth-order valence-corrected chi connectivity index (χ4v) is 3.85. The van der Waals surface area contributed by atoms with Crippen LogP contribution < -0.4 is 0 Å². The van der Waals surface area contributed by atoms with E-state index in [0.717, 1.165) is 24.8 Å². The number of benzene rings is 1. The van der Waals surface area contributed by atoms with Gasteiger partial charge in [0.2, 0.25) is 0 Å². The summed E-state index contributed by atoms with van der Waals surface area (Å²) < 4.78 is 18.8. The van der Waals surface area contributed by atoms with Gasteiger partial charge in [0.1, 0.15) is 12.4 Å². The van der Waals surface area contributed by atoms with Crippen molar-refractivity contribution in [3.05, 3.63) is 35.6 Å². The molecule has 21 heavy (non-hydrogen) atoms. The van der Waals surface area contributed by atoms with Crippen molar-refractivity contribution in [3.8, 4) is 0 Å². The highest BCUT2D eigenvalue weighted by molar-refractivity contribution is 5.68. The number of fused-ring (bicyclic) bond motifs is 2. The van der Waals surface area contributed by atoms with Gasteiger partial charge in [0.05, 0.1) is 6.10 Å². The van der Waals surface area contributed by atoms with Crippen molar-refractivity contribution >= 4 is 5.97 Å². The molecule has 2 unspecified atom stereocenters. The molecule has 3 rings (SSSR count). The SMILES string of the molecule is CN1C2CCC1[C@@H](OCC(=O)O)[C@H](c1ccc(F)cc1)C2. The second-order valence-electron chi connectivity index (χ2n) is 6.03. The van der Waals surface area contributed by atoms with E-state index in [1.807, 2.05) is 0 Å². The van der Waals surface area contributed by atoms with Gasteiger partial charge < -0.3 is 9.84 Å².